The summed E-state index contributed by atoms with van der Waals surface area (Å²) in [6.45, 7) is 3.14. The lowest BCUT2D eigenvalue weighted by Gasteiger charge is -2.12. The van der Waals surface area contributed by atoms with Crippen LogP contribution in [0.15, 0.2) is 70.7 Å². The predicted octanol–water partition coefficient (Wildman–Crippen LogP) is 4.26. The van der Waals surface area contributed by atoms with Gasteiger partial charge in [-0.25, -0.2) is 0 Å². The highest BCUT2D eigenvalue weighted by Crippen LogP contribution is 2.25. The summed E-state index contributed by atoms with van der Waals surface area (Å²) < 4.78 is 12.3. The van der Waals surface area contributed by atoms with Crippen LogP contribution in [0.5, 0.6) is 0 Å². The zero-order valence-corrected chi connectivity index (χ0v) is 20.7. The number of methoxy groups -OCH3 is 1. The number of pyridine rings is 1. The van der Waals surface area contributed by atoms with Gasteiger partial charge in [-0.3, -0.25) is 14.6 Å². The summed E-state index contributed by atoms with van der Waals surface area (Å²) in [5, 5.41) is 15.0. The van der Waals surface area contributed by atoms with Crippen LogP contribution in [0.1, 0.15) is 22.5 Å². The van der Waals surface area contributed by atoms with Crippen LogP contribution in [0.4, 0.5) is 11.4 Å². The maximum atomic E-state index is 12.8. The third kappa shape index (κ3) is 6.37. The number of furan rings is 1. The molecule has 186 valence electrons. The quantitative estimate of drug-likeness (QED) is 0.228. The number of nitrogens with zero attached hydrogens (tertiary/aromatic N) is 4. The van der Waals surface area contributed by atoms with Gasteiger partial charge in [0.15, 0.2) is 16.7 Å². The Hall–Kier alpha value is -3.96. The molecular weight excluding hydrogens is 480 g/mol. The molecule has 3 heterocycles. The monoisotopic (exact) mass is 506 g/mol. The van der Waals surface area contributed by atoms with Crippen LogP contribution < -0.4 is 10.6 Å². The van der Waals surface area contributed by atoms with Crippen molar-refractivity contribution >= 4 is 35.0 Å². The van der Waals surface area contributed by atoms with Gasteiger partial charge < -0.3 is 24.4 Å². The molecule has 4 aromatic rings. The van der Waals surface area contributed by atoms with E-state index in [2.05, 4.69) is 25.8 Å². The maximum absolute atomic E-state index is 12.8. The van der Waals surface area contributed by atoms with Crippen molar-refractivity contribution in [1.29, 1.82) is 0 Å². The molecule has 0 spiro atoms. The number of benzene rings is 1. The van der Waals surface area contributed by atoms with Crippen molar-refractivity contribution in [2.45, 2.75) is 25.0 Å². The zero-order valence-electron chi connectivity index (χ0n) is 19.9. The molecule has 2 N–H and O–H groups in total. The second kappa shape index (κ2) is 12.1. The van der Waals surface area contributed by atoms with Gasteiger partial charge in [0, 0.05) is 49.6 Å². The molecule has 0 saturated heterocycles. The third-order valence-corrected chi connectivity index (χ3v) is 6.20. The molecule has 0 fully saturated rings. The molecule has 0 atom stereocenters. The number of hydrogen-bond donors (Lipinski definition) is 2. The summed E-state index contributed by atoms with van der Waals surface area (Å²) in [7, 11) is 1.66. The second-order valence-corrected chi connectivity index (χ2v) is 8.78. The van der Waals surface area contributed by atoms with Crippen LogP contribution in [0.25, 0.3) is 11.4 Å². The van der Waals surface area contributed by atoms with Crippen LogP contribution in [0, 0.1) is 6.92 Å². The Morgan fingerprint density at radius 3 is 2.69 bits per heavy atom. The average Bonchev–Trinajstić information content (AvgIpc) is 3.56. The number of ether oxygens (including phenoxy) is 1. The van der Waals surface area contributed by atoms with Crippen molar-refractivity contribution in [2.24, 2.45) is 0 Å². The van der Waals surface area contributed by atoms with E-state index in [-0.39, 0.29) is 23.3 Å². The number of rotatable bonds is 11. The van der Waals surface area contributed by atoms with E-state index in [4.69, 9.17) is 9.15 Å². The summed E-state index contributed by atoms with van der Waals surface area (Å²) >= 11 is 1.31. The van der Waals surface area contributed by atoms with Gasteiger partial charge in [-0.05, 0) is 55.3 Å². The lowest BCUT2D eigenvalue weighted by molar-refractivity contribution is -0.113. The number of carbonyl (C=O) groups excluding carboxylic acids is 2. The summed E-state index contributed by atoms with van der Waals surface area (Å²) in [4.78, 5) is 29.1. The highest BCUT2D eigenvalue weighted by atomic mass is 32.2. The van der Waals surface area contributed by atoms with Gasteiger partial charge in [-0.2, -0.15) is 0 Å². The minimum Gasteiger partial charge on any atom is -0.459 e. The first-order valence-corrected chi connectivity index (χ1v) is 12.2. The highest BCUT2D eigenvalue weighted by molar-refractivity contribution is 7.99. The molecule has 1 aromatic carbocycles. The van der Waals surface area contributed by atoms with Gasteiger partial charge in [0.05, 0.1) is 12.0 Å². The molecule has 10 nitrogen and oxygen atoms in total. The normalized spacial score (nSPS) is 10.8. The van der Waals surface area contributed by atoms with Gasteiger partial charge in [-0.1, -0.05) is 17.8 Å². The maximum Gasteiger partial charge on any atom is 0.291 e. The van der Waals surface area contributed by atoms with E-state index in [1.54, 1.807) is 43.8 Å². The largest absolute Gasteiger partial charge is 0.459 e. The van der Waals surface area contributed by atoms with Crippen molar-refractivity contribution < 1.29 is 18.7 Å². The fourth-order valence-electron chi connectivity index (χ4n) is 3.43. The van der Waals surface area contributed by atoms with Gasteiger partial charge in [-0.15, -0.1) is 10.2 Å². The summed E-state index contributed by atoms with van der Waals surface area (Å²) in [6.07, 6.45) is 5.63. The van der Waals surface area contributed by atoms with Gasteiger partial charge in [0.25, 0.3) is 5.91 Å². The number of anilines is 2. The van der Waals surface area contributed by atoms with Crippen LogP contribution in [0.3, 0.4) is 0 Å². The molecular formula is C25H26N6O4S. The van der Waals surface area contributed by atoms with Crippen molar-refractivity contribution in [3.8, 4) is 11.4 Å². The minimum absolute atomic E-state index is 0.140. The number of nitrogens with one attached hydrogen (secondary N) is 2. The summed E-state index contributed by atoms with van der Waals surface area (Å²) in [5.74, 6) is 0.496. The molecule has 0 radical (unpaired) electrons. The van der Waals surface area contributed by atoms with E-state index < -0.39 is 0 Å². The molecule has 0 aliphatic heterocycles. The molecule has 0 aliphatic carbocycles. The second-order valence-electron chi connectivity index (χ2n) is 7.84. The number of carbonyl (C=O) groups is 2. The van der Waals surface area contributed by atoms with Crippen molar-refractivity contribution in [3.63, 3.8) is 0 Å². The summed E-state index contributed by atoms with van der Waals surface area (Å²) in [6, 6.07) is 12.3. The fourth-order valence-corrected chi connectivity index (χ4v) is 4.19. The number of thioether (sulfide) groups is 1. The van der Waals surface area contributed by atoms with E-state index in [0.29, 0.717) is 35.5 Å². The van der Waals surface area contributed by atoms with E-state index in [1.807, 2.05) is 29.7 Å². The zero-order chi connectivity index (χ0) is 25.3. The van der Waals surface area contributed by atoms with Crippen LogP contribution in [-0.4, -0.2) is 51.0 Å². The van der Waals surface area contributed by atoms with Crippen LogP contribution >= 0.6 is 11.8 Å². The molecule has 0 bridgehead atoms. The highest BCUT2D eigenvalue weighted by Gasteiger charge is 2.16. The lowest BCUT2D eigenvalue weighted by atomic mass is 10.1. The molecule has 2 amide bonds. The van der Waals surface area contributed by atoms with E-state index in [1.165, 1.54) is 18.0 Å². The predicted molar refractivity (Wildman–Crippen MR) is 137 cm³/mol. The smallest absolute Gasteiger partial charge is 0.291 e. The van der Waals surface area contributed by atoms with Crippen molar-refractivity contribution in [2.75, 3.05) is 30.1 Å². The molecule has 0 unspecified atom stereocenters. The van der Waals surface area contributed by atoms with Crippen molar-refractivity contribution in [3.05, 3.63) is 72.4 Å². The van der Waals surface area contributed by atoms with Crippen molar-refractivity contribution in [1.82, 2.24) is 19.7 Å². The van der Waals surface area contributed by atoms with Gasteiger partial charge >= 0.3 is 0 Å². The van der Waals surface area contributed by atoms with Crippen LogP contribution in [-0.2, 0) is 16.1 Å². The van der Waals surface area contributed by atoms with E-state index >= 15 is 0 Å². The average molecular weight is 507 g/mol. The fraction of sp³-hybridized carbons (Fsp3) is 0.240. The van der Waals surface area contributed by atoms with Gasteiger partial charge in [0.1, 0.15) is 0 Å². The topological polar surface area (TPSA) is 124 Å². The molecule has 11 heteroatoms. The first-order valence-electron chi connectivity index (χ1n) is 11.3. The molecule has 36 heavy (non-hydrogen) atoms. The Bertz CT molecular complexity index is 1310. The minimum atomic E-state index is -0.366. The van der Waals surface area contributed by atoms with Crippen LogP contribution in [0.2, 0.25) is 0 Å². The Morgan fingerprint density at radius 1 is 1.11 bits per heavy atom. The Morgan fingerprint density at radius 2 is 1.94 bits per heavy atom. The van der Waals surface area contributed by atoms with E-state index in [0.717, 1.165) is 17.5 Å². The molecule has 3 aromatic heterocycles. The number of aromatic nitrogens is 4. The first-order chi connectivity index (χ1) is 17.5. The number of aryl methyl sites for hydroxylation is 1. The SMILES string of the molecule is COCCCn1c(SCC(=O)Nc2cc(NC(=O)c3ccco3)ccc2C)nnc1-c1ccncc1. The lowest BCUT2D eigenvalue weighted by Crippen LogP contribution is -2.16. The van der Waals surface area contributed by atoms with Gasteiger partial charge in [0.2, 0.25) is 5.91 Å². The molecule has 4 rings (SSSR count). The number of amides is 2. The third-order valence-electron chi connectivity index (χ3n) is 5.23. The Kier molecular flexibility index (Phi) is 8.48. The standard InChI is InChI=1S/C25H26N6O4S/c1-17-6-7-19(27-24(33)21-5-3-14-35-21)15-20(17)28-22(32)16-36-25-30-29-23(18-8-10-26-11-9-18)31(25)12-4-13-34-2/h3,5-11,14-15H,4,12-13,16H2,1-2H3,(H,27,33)(H,28,32). The Labute approximate surface area is 212 Å². The molecule has 0 aliphatic rings. The Balaban J connectivity index is 1.42. The molecule has 0 saturated carbocycles. The first kappa shape index (κ1) is 25.1. The van der Waals surface area contributed by atoms with E-state index in [9.17, 15) is 9.59 Å². The number of hydrogen-bond acceptors (Lipinski definition) is 8. The summed E-state index contributed by atoms with van der Waals surface area (Å²) in [5.41, 5.74) is 2.92.